The van der Waals surface area contributed by atoms with Gasteiger partial charge in [0.05, 0.1) is 6.04 Å². The highest BCUT2D eigenvalue weighted by Gasteiger charge is 2.17. The summed E-state index contributed by atoms with van der Waals surface area (Å²) in [5.41, 5.74) is 6.82. The standard InChI is InChI=1S/C12H19N3O/c1-3-11(13)12(16)15(4-2)9-10-5-7-14-8-6-10/h5-8,11H,3-4,9,13H2,1-2H3/t11-/m0/s1. The second-order valence-corrected chi connectivity index (χ2v) is 3.72. The molecule has 0 spiro atoms. The largest absolute Gasteiger partial charge is 0.337 e. The lowest BCUT2D eigenvalue weighted by molar-refractivity contribution is -0.133. The van der Waals surface area contributed by atoms with Crippen molar-refractivity contribution in [2.45, 2.75) is 32.9 Å². The van der Waals surface area contributed by atoms with Gasteiger partial charge in [0.1, 0.15) is 0 Å². The van der Waals surface area contributed by atoms with E-state index in [4.69, 9.17) is 5.73 Å². The summed E-state index contributed by atoms with van der Waals surface area (Å²) in [6.07, 6.45) is 4.13. The molecule has 88 valence electrons. The molecule has 1 amide bonds. The van der Waals surface area contributed by atoms with Crippen molar-refractivity contribution in [2.24, 2.45) is 5.73 Å². The molecule has 4 heteroatoms. The van der Waals surface area contributed by atoms with Crippen LogP contribution in [-0.4, -0.2) is 28.4 Å². The molecular weight excluding hydrogens is 202 g/mol. The zero-order chi connectivity index (χ0) is 12.0. The summed E-state index contributed by atoms with van der Waals surface area (Å²) in [5.74, 6) is 0.0156. The molecule has 0 aliphatic carbocycles. The first kappa shape index (κ1) is 12.6. The number of nitrogens with two attached hydrogens (primary N) is 1. The van der Waals surface area contributed by atoms with Crippen molar-refractivity contribution >= 4 is 5.91 Å². The van der Waals surface area contributed by atoms with E-state index in [-0.39, 0.29) is 11.9 Å². The van der Waals surface area contributed by atoms with Crippen LogP contribution in [-0.2, 0) is 11.3 Å². The SMILES string of the molecule is CC[C@H](N)C(=O)N(CC)Cc1ccncc1. The number of hydrogen-bond acceptors (Lipinski definition) is 3. The van der Waals surface area contributed by atoms with Gasteiger partial charge >= 0.3 is 0 Å². The predicted molar refractivity (Wildman–Crippen MR) is 63.6 cm³/mol. The Morgan fingerprint density at radius 1 is 1.44 bits per heavy atom. The summed E-state index contributed by atoms with van der Waals surface area (Å²) in [4.78, 5) is 17.6. The van der Waals surface area contributed by atoms with E-state index in [1.165, 1.54) is 0 Å². The molecule has 0 bridgehead atoms. The fourth-order valence-corrected chi connectivity index (χ4v) is 1.46. The summed E-state index contributed by atoms with van der Waals surface area (Å²) in [7, 11) is 0. The van der Waals surface area contributed by atoms with Gasteiger partial charge in [-0.15, -0.1) is 0 Å². The molecule has 1 atom stereocenters. The van der Waals surface area contributed by atoms with Crippen LogP contribution in [0.25, 0.3) is 0 Å². The Kier molecular flexibility index (Phi) is 4.92. The van der Waals surface area contributed by atoms with Gasteiger partial charge in [0.15, 0.2) is 0 Å². The van der Waals surface area contributed by atoms with Gasteiger partial charge in [-0.2, -0.15) is 0 Å². The number of nitrogens with zero attached hydrogens (tertiary/aromatic N) is 2. The normalized spacial score (nSPS) is 12.2. The van der Waals surface area contributed by atoms with Crippen LogP contribution in [0.2, 0.25) is 0 Å². The van der Waals surface area contributed by atoms with Gasteiger partial charge in [-0.1, -0.05) is 6.92 Å². The third-order valence-corrected chi connectivity index (χ3v) is 2.57. The number of likely N-dealkylation sites (N-methyl/N-ethyl adjacent to an activating group) is 1. The fraction of sp³-hybridized carbons (Fsp3) is 0.500. The van der Waals surface area contributed by atoms with E-state index in [1.807, 2.05) is 26.0 Å². The molecule has 4 nitrogen and oxygen atoms in total. The fourth-order valence-electron chi connectivity index (χ4n) is 1.46. The van der Waals surface area contributed by atoms with E-state index < -0.39 is 0 Å². The summed E-state index contributed by atoms with van der Waals surface area (Å²) >= 11 is 0. The Bertz CT molecular complexity index is 326. The van der Waals surface area contributed by atoms with Gasteiger partial charge in [0, 0.05) is 25.5 Å². The minimum absolute atomic E-state index is 0.0156. The maximum absolute atomic E-state index is 11.9. The smallest absolute Gasteiger partial charge is 0.239 e. The molecule has 0 aliphatic heterocycles. The Balaban J connectivity index is 2.66. The summed E-state index contributed by atoms with van der Waals surface area (Å²) in [5, 5.41) is 0. The molecule has 0 saturated heterocycles. The first-order chi connectivity index (χ1) is 7.69. The molecular formula is C12H19N3O. The van der Waals surface area contributed by atoms with E-state index in [2.05, 4.69) is 4.98 Å². The lowest BCUT2D eigenvalue weighted by Gasteiger charge is -2.23. The van der Waals surface area contributed by atoms with Crippen LogP contribution in [0.4, 0.5) is 0 Å². The van der Waals surface area contributed by atoms with Gasteiger partial charge in [0.25, 0.3) is 0 Å². The number of aromatic nitrogens is 1. The third kappa shape index (κ3) is 3.31. The molecule has 0 aliphatic rings. The lowest BCUT2D eigenvalue weighted by atomic mass is 10.2. The number of carbonyl (C=O) groups is 1. The zero-order valence-electron chi connectivity index (χ0n) is 9.89. The molecule has 0 radical (unpaired) electrons. The molecule has 1 heterocycles. The Hall–Kier alpha value is -1.42. The lowest BCUT2D eigenvalue weighted by Crippen LogP contribution is -2.42. The van der Waals surface area contributed by atoms with Gasteiger partial charge in [-0.05, 0) is 31.0 Å². The van der Waals surface area contributed by atoms with Crippen molar-refractivity contribution in [1.82, 2.24) is 9.88 Å². The van der Waals surface area contributed by atoms with Crippen LogP contribution in [0.3, 0.4) is 0 Å². The van der Waals surface area contributed by atoms with Gasteiger partial charge in [-0.25, -0.2) is 0 Å². The van der Waals surface area contributed by atoms with E-state index in [1.54, 1.807) is 17.3 Å². The molecule has 0 aromatic carbocycles. The van der Waals surface area contributed by atoms with Gasteiger partial charge in [-0.3, -0.25) is 9.78 Å². The topological polar surface area (TPSA) is 59.2 Å². The number of hydrogen-bond donors (Lipinski definition) is 1. The molecule has 16 heavy (non-hydrogen) atoms. The predicted octanol–water partition coefficient (Wildman–Crippen LogP) is 1.17. The monoisotopic (exact) mass is 221 g/mol. The number of carbonyl (C=O) groups excluding carboxylic acids is 1. The molecule has 2 N–H and O–H groups in total. The Labute approximate surface area is 96.5 Å². The summed E-state index contributed by atoms with van der Waals surface area (Å²) < 4.78 is 0. The molecule has 1 rings (SSSR count). The van der Waals surface area contributed by atoms with Crippen LogP contribution < -0.4 is 5.73 Å². The van der Waals surface area contributed by atoms with E-state index in [0.717, 1.165) is 5.56 Å². The van der Waals surface area contributed by atoms with Gasteiger partial charge < -0.3 is 10.6 Å². The highest BCUT2D eigenvalue weighted by Crippen LogP contribution is 2.05. The van der Waals surface area contributed by atoms with Crippen molar-refractivity contribution in [3.05, 3.63) is 30.1 Å². The maximum Gasteiger partial charge on any atom is 0.239 e. The van der Waals surface area contributed by atoms with E-state index in [0.29, 0.717) is 19.5 Å². The quantitative estimate of drug-likeness (QED) is 0.812. The molecule has 0 fully saturated rings. The van der Waals surface area contributed by atoms with Crippen molar-refractivity contribution in [3.8, 4) is 0 Å². The zero-order valence-corrected chi connectivity index (χ0v) is 9.89. The van der Waals surface area contributed by atoms with E-state index >= 15 is 0 Å². The maximum atomic E-state index is 11.9. The number of pyridine rings is 1. The first-order valence-electron chi connectivity index (χ1n) is 5.62. The van der Waals surface area contributed by atoms with Crippen LogP contribution in [0.1, 0.15) is 25.8 Å². The van der Waals surface area contributed by atoms with Crippen molar-refractivity contribution in [1.29, 1.82) is 0 Å². The number of rotatable bonds is 5. The Morgan fingerprint density at radius 3 is 2.56 bits per heavy atom. The van der Waals surface area contributed by atoms with Crippen LogP contribution >= 0.6 is 0 Å². The molecule has 1 aromatic heterocycles. The average molecular weight is 221 g/mol. The third-order valence-electron chi connectivity index (χ3n) is 2.57. The summed E-state index contributed by atoms with van der Waals surface area (Å²) in [6.45, 7) is 5.16. The highest BCUT2D eigenvalue weighted by molar-refractivity contribution is 5.81. The Morgan fingerprint density at radius 2 is 2.06 bits per heavy atom. The van der Waals surface area contributed by atoms with Crippen molar-refractivity contribution in [3.63, 3.8) is 0 Å². The van der Waals surface area contributed by atoms with Gasteiger partial charge in [0.2, 0.25) is 5.91 Å². The first-order valence-corrected chi connectivity index (χ1v) is 5.62. The van der Waals surface area contributed by atoms with Crippen molar-refractivity contribution in [2.75, 3.05) is 6.54 Å². The molecule has 1 aromatic rings. The second-order valence-electron chi connectivity index (χ2n) is 3.72. The molecule has 0 saturated carbocycles. The minimum Gasteiger partial charge on any atom is -0.337 e. The number of amides is 1. The average Bonchev–Trinajstić information content (AvgIpc) is 2.35. The molecule has 0 unspecified atom stereocenters. The summed E-state index contributed by atoms with van der Waals surface area (Å²) in [6, 6.07) is 3.43. The van der Waals surface area contributed by atoms with Crippen molar-refractivity contribution < 1.29 is 4.79 Å². The van der Waals surface area contributed by atoms with Crippen LogP contribution in [0, 0.1) is 0 Å². The second kappa shape index (κ2) is 6.23. The van der Waals surface area contributed by atoms with E-state index in [9.17, 15) is 4.79 Å². The van der Waals surface area contributed by atoms with Crippen LogP contribution in [0.5, 0.6) is 0 Å². The minimum atomic E-state index is -0.387. The highest BCUT2D eigenvalue weighted by atomic mass is 16.2. The van der Waals surface area contributed by atoms with Crippen LogP contribution in [0.15, 0.2) is 24.5 Å².